The van der Waals surface area contributed by atoms with Crippen LogP contribution in [0.15, 0.2) is 12.4 Å². The summed E-state index contributed by atoms with van der Waals surface area (Å²) < 4.78 is 0. The number of H-pyrrole nitrogens is 1. The topological polar surface area (TPSA) is 107 Å². The molecule has 2 atom stereocenters. The molecule has 19 heavy (non-hydrogen) atoms. The van der Waals surface area contributed by atoms with Crippen LogP contribution in [0.25, 0.3) is 0 Å². The van der Waals surface area contributed by atoms with E-state index in [0.29, 0.717) is 6.42 Å². The summed E-state index contributed by atoms with van der Waals surface area (Å²) in [5.74, 6) is -1.01. The van der Waals surface area contributed by atoms with Crippen LogP contribution < -0.4 is 10.6 Å². The Morgan fingerprint density at radius 1 is 1.47 bits per heavy atom. The number of hydrogen-bond donors (Lipinski definition) is 4. The van der Waals surface area contributed by atoms with E-state index < -0.39 is 18.0 Å². The van der Waals surface area contributed by atoms with E-state index in [0.717, 1.165) is 18.4 Å². The second-order valence-corrected chi connectivity index (χ2v) is 4.40. The molecule has 0 fully saturated rings. The summed E-state index contributed by atoms with van der Waals surface area (Å²) in [7, 11) is 0. The standard InChI is InChI=1S/C12H20N4O3/c1-3-4-5-10(11(17)18)16-12(19)15-8(2)9-6-13-14-7-9/h6-8,10H,3-5H2,1-2H3,(H,13,14)(H,17,18)(H2,15,16,19). The maximum Gasteiger partial charge on any atom is 0.326 e. The SMILES string of the molecule is CCCCC(NC(=O)NC(C)c1cn[nH]c1)C(=O)O. The van der Waals surface area contributed by atoms with Crippen molar-refractivity contribution in [3.63, 3.8) is 0 Å². The van der Waals surface area contributed by atoms with Crippen molar-refractivity contribution in [2.24, 2.45) is 0 Å². The Labute approximate surface area is 111 Å². The van der Waals surface area contributed by atoms with Gasteiger partial charge < -0.3 is 15.7 Å². The minimum absolute atomic E-state index is 0.237. The molecule has 4 N–H and O–H groups in total. The molecule has 7 heteroatoms. The van der Waals surface area contributed by atoms with Crippen LogP contribution in [-0.4, -0.2) is 33.3 Å². The van der Waals surface area contributed by atoms with Crippen LogP contribution >= 0.6 is 0 Å². The Kier molecular flexibility index (Phi) is 5.84. The Hall–Kier alpha value is -2.05. The van der Waals surface area contributed by atoms with Crippen molar-refractivity contribution in [2.45, 2.75) is 45.2 Å². The zero-order valence-corrected chi connectivity index (χ0v) is 11.1. The predicted octanol–water partition coefficient (Wildman–Crippen LogP) is 1.41. The number of carbonyl (C=O) groups is 2. The maximum atomic E-state index is 11.7. The average Bonchev–Trinajstić information content (AvgIpc) is 2.87. The fourth-order valence-corrected chi connectivity index (χ4v) is 1.64. The lowest BCUT2D eigenvalue weighted by Gasteiger charge is -2.17. The molecule has 1 heterocycles. The van der Waals surface area contributed by atoms with Gasteiger partial charge in [-0.1, -0.05) is 19.8 Å². The molecule has 0 aliphatic rings. The van der Waals surface area contributed by atoms with Gasteiger partial charge in [0.05, 0.1) is 12.2 Å². The monoisotopic (exact) mass is 268 g/mol. The third-order valence-corrected chi connectivity index (χ3v) is 2.82. The van der Waals surface area contributed by atoms with Gasteiger partial charge in [-0.05, 0) is 13.3 Å². The van der Waals surface area contributed by atoms with Crippen molar-refractivity contribution < 1.29 is 14.7 Å². The van der Waals surface area contributed by atoms with Gasteiger partial charge in [-0.3, -0.25) is 5.10 Å². The molecule has 0 aliphatic heterocycles. The van der Waals surface area contributed by atoms with Crippen LogP contribution in [0.3, 0.4) is 0 Å². The zero-order chi connectivity index (χ0) is 14.3. The van der Waals surface area contributed by atoms with Crippen LogP contribution in [0.2, 0.25) is 0 Å². The molecular weight excluding hydrogens is 248 g/mol. The third kappa shape index (κ3) is 4.99. The number of amides is 2. The molecule has 0 saturated heterocycles. The average molecular weight is 268 g/mol. The smallest absolute Gasteiger partial charge is 0.326 e. The van der Waals surface area contributed by atoms with E-state index >= 15 is 0 Å². The number of urea groups is 1. The number of carbonyl (C=O) groups excluding carboxylic acids is 1. The molecule has 0 spiro atoms. The molecule has 1 rings (SSSR count). The summed E-state index contributed by atoms with van der Waals surface area (Å²) in [6.07, 6.45) is 5.36. The van der Waals surface area contributed by atoms with Crippen molar-refractivity contribution in [3.8, 4) is 0 Å². The molecule has 0 radical (unpaired) electrons. The highest BCUT2D eigenvalue weighted by Gasteiger charge is 2.20. The van der Waals surface area contributed by atoms with Gasteiger partial charge in [0, 0.05) is 11.8 Å². The lowest BCUT2D eigenvalue weighted by molar-refractivity contribution is -0.139. The zero-order valence-electron chi connectivity index (χ0n) is 11.1. The summed E-state index contributed by atoms with van der Waals surface area (Å²) in [6, 6.07) is -1.58. The molecule has 1 aromatic heterocycles. The summed E-state index contributed by atoms with van der Waals surface area (Å²) >= 11 is 0. The van der Waals surface area contributed by atoms with Crippen LogP contribution in [0.5, 0.6) is 0 Å². The van der Waals surface area contributed by atoms with Crippen LogP contribution in [-0.2, 0) is 4.79 Å². The minimum Gasteiger partial charge on any atom is -0.480 e. The second kappa shape index (κ2) is 7.40. The van der Waals surface area contributed by atoms with Crippen molar-refractivity contribution >= 4 is 12.0 Å². The maximum absolute atomic E-state index is 11.7. The molecule has 2 amide bonds. The van der Waals surface area contributed by atoms with Crippen molar-refractivity contribution in [1.82, 2.24) is 20.8 Å². The molecule has 0 bridgehead atoms. The van der Waals surface area contributed by atoms with E-state index in [2.05, 4.69) is 20.8 Å². The first kappa shape index (κ1) is 15.0. The van der Waals surface area contributed by atoms with E-state index in [1.807, 2.05) is 6.92 Å². The number of hydrogen-bond acceptors (Lipinski definition) is 3. The fraction of sp³-hybridized carbons (Fsp3) is 0.583. The van der Waals surface area contributed by atoms with E-state index in [4.69, 9.17) is 5.11 Å². The number of nitrogens with zero attached hydrogens (tertiary/aromatic N) is 1. The minimum atomic E-state index is -1.01. The number of aliphatic carboxylic acids is 1. The summed E-state index contributed by atoms with van der Waals surface area (Å²) in [5, 5.41) is 20.6. The van der Waals surface area contributed by atoms with E-state index in [1.165, 1.54) is 0 Å². The Morgan fingerprint density at radius 2 is 2.21 bits per heavy atom. The van der Waals surface area contributed by atoms with Gasteiger partial charge >= 0.3 is 12.0 Å². The molecule has 7 nitrogen and oxygen atoms in total. The van der Waals surface area contributed by atoms with Gasteiger partial charge in [0.15, 0.2) is 0 Å². The molecule has 0 aliphatic carbocycles. The van der Waals surface area contributed by atoms with Crippen molar-refractivity contribution in [2.75, 3.05) is 0 Å². The number of rotatable bonds is 7. The lowest BCUT2D eigenvalue weighted by Crippen LogP contribution is -2.46. The largest absolute Gasteiger partial charge is 0.480 e. The first-order chi connectivity index (χ1) is 9.04. The first-order valence-corrected chi connectivity index (χ1v) is 6.33. The summed E-state index contributed by atoms with van der Waals surface area (Å²) in [4.78, 5) is 22.7. The summed E-state index contributed by atoms with van der Waals surface area (Å²) in [5.41, 5.74) is 0.829. The Bertz CT molecular complexity index is 405. The normalized spacial score (nSPS) is 13.6. The second-order valence-electron chi connectivity index (χ2n) is 4.40. The van der Waals surface area contributed by atoms with Gasteiger partial charge in [0.2, 0.25) is 0 Å². The number of nitrogens with one attached hydrogen (secondary N) is 3. The Morgan fingerprint density at radius 3 is 2.74 bits per heavy atom. The highest BCUT2D eigenvalue weighted by Crippen LogP contribution is 2.08. The molecule has 2 unspecified atom stereocenters. The first-order valence-electron chi connectivity index (χ1n) is 6.33. The number of aromatic amines is 1. The van der Waals surface area contributed by atoms with Crippen molar-refractivity contribution in [3.05, 3.63) is 18.0 Å². The lowest BCUT2D eigenvalue weighted by atomic mass is 10.1. The molecule has 106 valence electrons. The third-order valence-electron chi connectivity index (χ3n) is 2.82. The quantitative estimate of drug-likeness (QED) is 0.599. The van der Waals surface area contributed by atoms with Gasteiger partial charge in [0.25, 0.3) is 0 Å². The van der Waals surface area contributed by atoms with Gasteiger partial charge in [0.1, 0.15) is 6.04 Å². The molecular formula is C12H20N4O3. The van der Waals surface area contributed by atoms with Gasteiger partial charge in [-0.15, -0.1) is 0 Å². The van der Waals surface area contributed by atoms with Gasteiger partial charge in [-0.25, -0.2) is 9.59 Å². The highest BCUT2D eigenvalue weighted by atomic mass is 16.4. The molecule has 0 aromatic carbocycles. The fourth-order valence-electron chi connectivity index (χ4n) is 1.64. The Balaban J connectivity index is 2.46. The number of carboxylic acid groups (broad SMARTS) is 1. The van der Waals surface area contributed by atoms with E-state index in [1.54, 1.807) is 19.3 Å². The van der Waals surface area contributed by atoms with Crippen molar-refractivity contribution in [1.29, 1.82) is 0 Å². The van der Waals surface area contributed by atoms with Gasteiger partial charge in [-0.2, -0.15) is 5.10 Å². The van der Waals surface area contributed by atoms with Crippen LogP contribution in [0, 0.1) is 0 Å². The predicted molar refractivity (Wildman–Crippen MR) is 69.6 cm³/mol. The molecule has 0 saturated carbocycles. The summed E-state index contributed by atoms with van der Waals surface area (Å²) in [6.45, 7) is 3.77. The van der Waals surface area contributed by atoms with E-state index in [-0.39, 0.29) is 6.04 Å². The molecule has 1 aromatic rings. The van der Waals surface area contributed by atoms with E-state index in [9.17, 15) is 9.59 Å². The van der Waals surface area contributed by atoms with Crippen LogP contribution in [0.1, 0.15) is 44.7 Å². The number of carboxylic acids is 1. The number of unbranched alkanes of at least 4 members (excludes halogenated alkanes) is 1. The van der Waals surface area contributed by atoms with Crippen LogP contribution in [0.4, 0.5) is 4.79 Å². The number of aromatic nitrogens is 2. The highest BCUT2D eigenvalue weighted by molar-refractivity contribution is 5.82.